The summed E-state index contributed by atoms with van der Waals surface area (Å²) in [5.41, 5.74) is 3.83. The minimum absolute atomic E-state index is 0.0705. The number of hydrogen-bond acceptors (Lipinski definition) is 2. The van der Waals surface area contributed by atoms with Gasteiger partial charge in [0, 0.05) is 5.57 Å². The largest absolute Gasteiger partial charge is 0.504 e. The monoisotopic (exact) mass is 176 g/mol. The van der Waals surface area contributed by atoms with Crippen LogP contribution in [0.25, 0.3) is 0 Å². The van der Waals surface area contributed by atoms with Crippen molar-refractivity contribution in [2.75, 3.05) is 7.11 Å². The quantitative estimate of drug-likeness (QED) is 0.569. The van der Waals surface area contributed by atoms with Crippen LogP contribution in [-0.4, -0.2) is 19.3 Å². The van der Waals surface area contributed by atoms with Gasteiger partial charge in [-0.3, -0.25) is 0 Å². The van der Waals surface area contributed by atoms with Gasteiger partial charge >= 0.3 is 0 Å². The van der Waals surface area contributed by atoms with Crippen LogP contribution in [0, 0.1) is 0 Å². The van der Waals surface area contributed by atoms with Gasteiger partial charge in [0.1, 0.15) is 12.2 Å². The van der Waals surface area contributed by atoms with Crippen LogP contribution in [0.4, 0.5) is 0 Å². The number of ether oxygens (including phenoxy) is 2. The van der Waals surface area contributed by atoms with Gasteiger partial charge in [-0.25, -0.2) is 0 Å². The molecular weight excluding hydrogens is 164 g/mol. The molecule has 0 aromatic carbocycles. The molecule has 2 bridgehead atoms. The van der Waals surface area contributed by atoms with Gasteiger partial charge in [-0.05, 0) is 16.7 Å². The number of rotatable bonds is 1. The van der Waals surface area contributed by atoms with E-state index < -0.39 is 0 Å². The first-order chi connectivity index (χ1) is 6.16. The normalized spacial score (nSPS) is 34.8. The molecule has 68 valence electrons. The second-order valence-corrected chi connectivity index (χ2v) is 3.28. The maximum Gasteiger partial charge on any atom is 0.112 e. The lowest BCUT2D eigenvalue weighted by atomic mass is 9.85. The molecule has 0 radical (unpaired) electrons. The van der Waals surface area contributed by atoms with E-state index in [0.29, 0.717) is 0 Å². The summed E-state index contributed by atoms with van der Waals surface area (Å²) in [6.07, 6.45) is 1.52. The third-order valence-corrected chi connectivity index (χ3v) is 2.53. The molecule has 2 aliphatic rings. The van der Waals surface area contributed by atoms with Crippen molar-refractivity contribution < 1.29 is 9.47 Å². The van der Waals surface area contributed by atoms with Gasteiger partial charge in [0.05, 0.1) is 13.4 Å². The Labute approximate surface area is 77.8 Å². The molecule has 0 spiro atoms. The fourth-order valence-corrected chi connectivity index (χ4v) is 1.77. The molecule has 13 heavy (non-hydrogen) atoms. The fraction of sp³-hybridized carbons (Fsp3) is 0.273. The standard InChI is InChI=1S/C11H12O2/c1-6-7(2)11-9(5-12-4)8(3)10(6)13-11/h5,10-11H,1-3H2,4H3/b9-5+. The van der Waals surface area contributed by atoms with Gasteiger partial charge < -0.3 is 9.47 Å². The highest BCUT2D eigenvalue weighted by Gasteiger charge is 2.45. The summed E-state index contributed by atoms with van der Waals surface area (Å²) in [7, 11) is 1.61. The molecule has 2 rings (SSSR count). The summed E-state index contributed by atoms with van der Waals surface area (Å²) in [5.74, 6) is 0. The van der Waals surface area contributed by atoms with Gasteiger partial charge in [0.15, 0.2) is 0 Å². The highest BCUT2D eigenvalue weighted by atomic mass is 16.5. The van der Waals surface area contributed by atoms with E-state index in [9.17, 15) is 0 Å². The van der Waals surface area contributed by atoms with Crippen molar-refractivity contribution in [3.63, 3.8) is 0 Å². The van der Waals surface area contributed by atoms with E-state index in [-0.39, 0.29) is 12.2 Å². The molecular formula is C11H12O2. The van der Waals surface area contributed by atoms with Gasteiger partial charge in [-0.15, -0.1) is 0 Å². The summed E-state index contributed by atoms with van der Waals surface area (Å²) in [5, 5.41) is 0. The van der Waals surface area contributed by atoms with Crippen LogP contribution in [0.3, 0.4) is 0 Å². The lowest BCUT2D eigenvalue weighted by molar-refractivity contribution is 0.140. The topological polar surface area (TPSA) is 18.5 Å². The van der Waals surface area contributed by atoms with Crippen molar-refractivity contribution in [2.45, 2.75) is 12.2 Å². The molecule has 0 N–H and O–H groups in total. The van der Waals surface area contributed by atoms with Gasteiger partial charge in [0.2, 0.25) is 0 Å². The zero-order valence-electron chi connectivity index (χ0n) is 7.67. The van der Waals surface area contributed by atoms with E-state index in [1.807, 2.05) is 0 Å². The molecule has 0 aliphatic carbocycles. The van der Waals surface area contributed by atoms with Crippen molar-refractivity contribution in [1.82, 2.24) is 0 Å². The molecule has 2 heterocycles. The van der Waals surface area contributed by atoms with E-state index in [4.69, 9.17) is 9.47 Å². The predicted molar refractivity (Wildman–Crippen MR) is 51.2 cm³/mol. The van der Waals surface area contributed by atoms with Gasteiger partial charge in [0.25, 0.3) is 0 Å². The Bertz CT molecular complexity index is 336. The smallest absolute Gasteiger partial charge is 0.112 e. The molecule has 2 saturated heterocycles. The summed E-state index contributed by atoms with van der Waals surface area (Å²) in [4.78, 5) is 0. The minimum atomic E-state index is -0.0788. The molecule has 0 aromatic heterocycles. The Morgan fingerprint density at radius 2 is 1.77 bits per heavy atom. The third kappa shape index (κ3) is 0.923. The molecule has 0 saturated carbocycles. The molecule has 0 aromatic rings. The van der Waals surface area contributed by atoms with E-state index in [2.05, 4.69) is 19.7 Å². The first-order valence-corrected chi connectivity index (χ1v) is 4.12. The van der Waals surface area contributed by atoms with Crippen molar-refractivity contribution in [3.05, 3.63) is 48.3 Å². The minimum Gasteiger partial charge on any atom is -0.504 e. The van der Waals surface area contributed by atoms with Crippen LogP contribution in [0.5, 0.6) is 0 Å². The predicted octanol–water partition coefficient (Wildman–Crippen LogP) is 1.97. The van der Waals surface area contributed by atoms with Crippen LogP contribution >= 0.6 is 0 Å². The van der Waals surface area contributed by atoms with E-state index in [1.165, 1.54) is 0 Å². The van der Waals surface area contributed by atoms with E-state index >= 15 is 0 Å². The molecule has 2 nitrogen and oxygen atoms in total. The molecule has 2 unspecified atom stereocenters. The lowest BCUT2D eigenvalue weighted by Gasteiger charge is -2.16. The van der Waals surface area contributed by atoms with Crippen LogP contribution < -0.4 is 0 Å². The van der Waals surface area contributed by atoms with Gasteiger partial charge in [-0.1, -0.05) is 19.7 Å². The molecule has 2 atom stereocenters. The summed E-state index contributed by atoms with van der Waals surface area (Å²) in [6.45, 7) is 11.8. The Morgan fingerprint density at radius 1 is 1.15 bits per heavy atom. The van der Waals surface area contributed by atoms with Crippen molar-refractivity contribution in [3.8, 4) is 0 Å². The Kier molecular flexibility index (Phi) is 1.67. The van der Waals surface area contributed by atoms with Gasteiger partial charge in [-0.2, -0.15) is 0 Å². The molecule has 2 fully saturated rings. The Morgan fingerprint density at radius 3 is 2.31 bits per heavy atom. The maximum absolute atomic E-state index is 5.63. The second kappa shape index (κ2) is 2.60. The maximum atomic E-state index is 5.63. The highest BCUT2D eigenvalue weighted by molar-refractivity contribution is 5.60. The first-order valence-electron chi connectivity index (χ1n) is 4.12. The van der Waals surface area contributed by atoms with E-state index in [1.54, 1.807) is 13.4 Å². The van der Waals surface area contributed by atoms with Crippen molar-refractivity contribution in [1.29, 1.82) is 0 Å². The third-order valence-electron chi connectivity index (χ3n) is 2.53. The zero-order chi connectivity index (χ0) is 9.59. The number of fused-ring (bicyclic) bond motifs is 2. The second-order valence-electron chi connectivity index (χ2n) is 3.28. The van der Waals surface area contributed by atoms with Crippen molar-refractivity contribution >= 4 is 0 Å². The summed E-state index contributed by atoms with van der Waals surface area (Å²) >= 11 is 0. The highest BCUT2D eigenvalue weighted by Crippen LogP contribution is 2.46. The van der Waals surface area contributed by atoms with Crippen LogP contribution in [0.2, 0.25) is 0 Å². The van der Waals surface area contributed by atoms with Crippen LogP contribution in [0.1, 0.15) is 0 Å². The fourth-order valence-electron chi connectivity index (χ4n) is 1.77. The molecule has 2 heteroatoms. The van der Waals surface area contributed by atoms with E-state index in [0.717, 1.165) is 22.3 Å². The SMILES string of the molecule is C=C1C(=C)C2OC1C(=C)/C2=C\OC. The number of hydrogen-bond donors (Lipinski definition) is 0. The lowest BCUT2D eigenvalue weighted by Crippen LogP contribution is -2.13. The summed E-state index contributed by atoms with van der Waals surface area (Å²) in [6, 6.07) is 0. The van der Waals surface area contributed by atoms with Crippen LogP contribution in [-0.2, 0) is 9.47 Å². The molecule has 2 aliphatic heterocycles. The number of methoxy groups -OCH3 is 1. The summed E-state index contributed by atoms with van der Waals surface area (Å²) < 4.78 is 10.6. The van der Waals surface area contributed by atoms with Crippen molar-refractivity contribution in [2.24, 2.45) is 0 Å². The zero-order valence-corrected chi connectivity index (χ0v) is 7.67. The average molecular weight is 176 g/mol. The average Bonchev–Trinajstić information content (AvgIpc) is 2.55. The molecule has 0 amide bonds. The first kappa shape index (κ1) is 8.32. The Hall–Kier alpha value is -1.28. The Balaban J connectivity index is 2.40. The van der Waals surface area contributed by atoms with Crippen LogP contribution in [0.15, 0.2) is 48.3 Å².